The van der Waals surface area contributed by atoms with Gasteiger partial charge in [-0.05, 0) is 42.0 Å². The lowest BCUT2D eigenvalue weighted by atomic mass is 10.0. The number of aryl methyl sites for hydroxylation is 1. The van der Waals surface area contributed by atoms with E-state index in [2.05, 4.69) is 60.9 Å². The summed E-state index contributed by atoms with van der Waals surface area (Å²) in [5.41, 5.74) is 2.77. The van der Waals surface area contributed by atoms with E-state index in [0.717, 1.165) is 19.4 Å². The number of rotatable bonds is 6. The standard InChI is InChI=1S/C16H21NS/c1-3-11-17-16(15-6-5-12-18-15)14-9-7-13(4-2)8-10-14/h5-10,12,16-17H,3-4,11H2,1-2H3. The maximum Gasteiger partial charge on any atom is 0.0671 e. The first kappa shape index (κ1) is 13.3. The molecule has 1 heterocycles. The molecule has 1 aromatic heterocycles. The normalized spacial score (nSPS) is 12.6. The van der Waals surface area contributed by atoms with Gasteiger partial charge in [-0.25, -0.2) is 0 Å². The Kier molecular flexibility index (Phi) is 4.97. The Labute approximate surface area is 114 Å². The lowest BCUT2D eigenvalue weighted by Gasteiger charge is -2.18. The zero-order valence-electron chi connectivity index (χ0n) is 11.1. The van der Waals surface area contributed by atoms with Gasteiger partial charge in [0.15, 0.2) is 0 Å². The molecule has 0 aliphatic rings. The Morgan fingerprint density at radius 3 is 2.44 bits per heavy atom. The Bertz CT molecular complexity index is 444. The van der Waals surface area contributed by atoms with Gasteiger partial charge in [-0.1, -0.05) is 44.2 Å². The summed E-state index contributed by atoms with van der Waals surface area (Å²) in [6.07, 6.45) is 2.27. The van der Waals surface area contributed by atoms with Gasteiger partial charge >= 0.3 is 0 Å². The minimum Gasteiger partial charge on any atom is -0.306 e. The van der Waals surface area contributed by atoms with E-state index in [0.29, 0.717) is 6.04 Å². The predicted molar refractivity (Wildman–Crippen MR) is 80.3 cm³/mol. The molecule has 1 atom stereocenters. The van der Waals surface area contributed by atoms with Gasteiger partial charge in [0.2, 0.25) is 0 Å². The minimum atomic E-state index is 0.343. The van der Waals surface area contributed by atoms with E-state index in [1.165, 1.54) is 16.0 Å². The molecule has 1 N–H and O–H groups in total. The van der Waals surface area contributed by atoms with Crippen LogP contribution in [0.15, 0.2) is 41.8 Å². The number of nitrogens with one attached hydrogen (secondary N) is 1. The van der Waals surface area contributed by atoms with Gasteiger partial charge in [-0.15, -0.1) is 11.3 Å². The zero-order valence-corrected chi connectivity index (χ0v) is 12.0. The summed E-state index contributed by atoms with van der Waals surface area (Å²) in [7, 11) is 0. The van der Waals surface area contributed by atoms with E-state index >= 15 is 0 Å². The van der Waals surface area contributed by atoms with E-state index in [1.807, 2.05) is 11.3 Å². The molecule has 0 bridgehead atoms. The highest BCUT2D eigenvalue weighted by Gasteiger charge is 2.13. The van der Waals surface area contributed by atoms with E-state index in [-0.39, 0.29) is 0 Å². The predicted octanol–water partition coefficient (Wildman–Crippen LogP) is 4.40. The Hall–Kier alpha value is -1.12. The van der Waals surface area contributed by atoms with E-state index in [1.54, 1.807) is 0 Å². The second-order valence-electron chi connectivity index (χ2n) is 4.50. The fourth-order valence-corrected chi connectivity index (χ4v) is 2.90. The summed E-state index contributed by atoms with van der Waals surface area (Å²) < 4.78 is 0. The van der Waals surface area contributed by atoms with Crippen LogP contribution in [0.2, 0.25) is 0 Å². The van der Waals surface area contributed by atoms with Gasteiger partial charge in [-0.3, -0.25) is 0 Å². The van der Waals surface area contributed by atoms with Gasteiger partial charge in [0.05, 0.1) is 6.04 Å². The van der Waals surface area contributed by atoms with Crippen molar-refractivity contribution >= 4 is 11.3 Å². The van der Waals surface area contributed by atoms with Gasteiger partial charge in [0, 0.05) is 4.88 Å². The van der Waals surface area contributed by atoms with Crippen LogP contribution in [0.4, 0.5) is 0 Å². The molecule has 2 heteroatoms. The molecule has 0 radical (unpaired) electrons. The summed E-state index contributed by atoms with van der Waals surface area (Å²) >= 11 is 1.82. The number of hydrogen-bond donors (Lipinski definition) is 1. The second kappa shape index (κ2) is 6.72. The van der Waals surface area contributed by atoms with Gasteiger partial charge < -0.3 is 5.32 Å². The second-order valence-corrected chi connectivity index (χ2v) is 5.48. The largest absolute Gasteiger partial charge is 0.306 e. The maximum absolute atomic E-state index is 3.64. The average molecular weight is 259 g/mol. The molecule has 1 aromatic carbocycles. The third-order valence-corrected chi connectivity index (χ3v) is 4.08. The summed E-state index contributed by atoms with van der Waals surface area (Å²) in [6, 6.07) is 13.7. The van der Waals surface area contributed by atoms with Crippen LogP contribution in [0, 0.1) is 0 Å². The maximum atomic E-state index is 3.64. The van der Waals surface area contributed by atoms with Crippen LogP contribution >= 0.6 is 11.3 Å². The van der Waals surface area contributed by atoms with Crippen molar-refractivity contribution in [3.63, 3.8) is 0 Å². The number of hydrogen-bond acceptors (Lipinski definition) is 2. The summed E-state index contributed by atoms with van der Waals surface area (Å²) in [5, 5.41) is 5.79. The van der Waals surface area contributed by atoms with Crippen LogP contribution in [0.5, 0.6) is 0 Å². The molecule has 0 saturated heterocycles. The van der Waals surface area contributed by atoms with Crippen LogP contribution in [-0.4, -0.2) is 6.54 Å². The molecule has 96 valence electrons. The van der Waals surface area contributed by atoms with Crippen molar-refractivity contribution in [2.75, 3.05) is 6.54 Å². The van der Waals surface area contributed by atoms with Gasteiger partial charge in [0.25, 0.3) is 0 Å². The third-order valence-electron chi connectivity index (χ3n) is 3.15. The molecule has 1 nitrogen and oxygen atoms in total. The molecule has 0 aliphatic carbocycles. The van der Waals surface area contributed by atoms with Crippen molar-refractivity contribution in [2.24, 2.45) is 0 Å². The monoisotopic (exact) mass is 259 g/mol. The van der Waals surface area contributed by atoms with Crippen LogP contribution in [0.3, 0.4) is 0 Å². The van der Waals surface area contributed by atoms with Crippen LogP contribution in [0.25, 0.3) is 0 Å². The minimum absolute atomic E-state index is 0.343. The van der Waals surface area contributed by atoms with Crippen molar-refractivity contribution in [2.45, 2.75) is 32.7 Å². The molecule has 0 fully saturated rings. The fourth-order valence-electron chi connectivity index (χ4n) is 2.07. The molecule has 2 aromatic rings. The lowest BCUT2D eigenvalue weighted by molar-refractivity contribution is 0.606. The smallest absolute Gasteiger partial charge is 0.0671 e. The number of thiophene rings is 1. The van der Waals surface area contributed by atoms with Crippen LogP contribution in [0.1, 0.15) is 42.3 Å². The van der Waals surface area contributed by atoms with Gasteiger partial charge in [-0.2, -0.15) is 0 Å². The highest BCUT2D eigenvalue weighted by molar-refractivity contribution is 7.10. The Balaban J connectivity index is 2.21. The molecule has 0 spiro atoms. The van der Waals surface area contributed by atoms with Crippen LogP contribution < -0.4 is 5.32 Å². The van der Waals surface area contributed by atoms with Crippen molar-refractivity contribution < 1.29 is 0 Å². The summed E-state index contributed by atoms with van der Waals surface area (Å²) in [5.74, 6) is 0. The molecule has 0 amide bonds. The van der Waals surface area contributed by atoms with Crippen molar-refractivity contribution in [1.29, 1.82) is 0 Å². The van der Waals surface area contributed by atoms with E-state index in [9.17, 15) is 0 Å². The van der Waals surface area contributed by atoms with Crippen molar-refractivity contribution in [3.05, 3.63) is 57.8 Å². The molecule has 1 unspecified atom stereocenters. The fraction of sp³-hybridized carbons (Fsp3) is 0.375. The molecule has 2 rings (SSSR count). The van der Waals surface area contributed by atoms with Gasteiger partial charge in [0.1, 0.15) is 0 Å². The SMILES string of the molecule is CCCNC(c1ccc(CC)cc1)c1cccs1. The third kappa shape index (κ3) is 3.21. The number of benzene rings is 1. The average Bonchev–Trinajstić information content (AvgIpc) is 2.94. The zero-order chi connectivity index (χ0) is 12.8. The first-order chi connectivity index (χ1) is 8.85. The summed E-state index contributed by atoms with van der Waals surface area (Å²) in [4.78, 5) is 1.40. The first-order valence-corrected chi connectivity index (χ1v) is 7.58. The van der Waals surface area contributed by atoms with E-state index < -0.39 is 0 Å². The molecular weight excluding hydrogens is 238 g/mol. The molecule has 0 saturated carbocycles. The molecular formula is C16H21NS. The van der Waals surface area contributed by atoms with Crippen molar-refractivity contribution in [1.82, 2.24) is 5.32 Å². The van der Waals surface area contributed by atoms with E-state index in [4.69, 9.17) is 0 Å². The Morgan fingerprint density at radius 1 is 1.11 bits per heavy atom. The highest BCUT2D eigenvalue weighted by atomic mass is 32.1. The van der Waals surface area contributed by atoms with Crippen molar-refractivity contribution in [3.8, 4) is 0 Å². The lowest BCUT2D eigenvalue weighted by Crippen LogP contribution is -2.22. The summed E-state index contributed by atoms with van der Waals surface area (Å²) in [6.45, 7) is 5.46. The highest BCUT2D eigenvalue weighted by Crippen LogP contribution is 2.26. The molecule has 0 aliphatic heterocycles. The Morgan fingerprint density at radius 2 is 1.89 bits per heavy atom. The topological polar surface area (TPSA) is 12.0 Å². The quantitative estimate of drug-likeness (QED) is 0.811. The first-order valence-electron chi connectivity index (χ1n) is 6.70. The van der Waals surface area contributed by atoms with Crippen LogP contribution in [-0.2, 0) is 6.42 Å². The molecule has 18 heavy (non-hydrogen) atoms.